The Hall–Kier alpha value is -2.64. The first-order chi connectivity index (χ1) is 18.2. The van der Waals surface area contributed by atoms with E-state index in [4.69, 9.17) is 4.74 Å². The average molecular weight is 613 g/mol. The molecule has 1 aromatic rings. The third kappa shape index (κ3) is 8.94. The molecule has 0 radical (unpaired) electrons. The lowest BCUT2D eigenvalue weighted by Gasteiger charge is -2.32. The molecule has 1 aliphatic heterocycles. The number of fused-ring (bicyclic) bond motifs is 1. The van der Waals surface area contributed by atoms with Crippen LogP contribution in [0.1, 0.15) is 31.9 Å². The molecule has 220 valence electrons. The van der Waals surface area contributed by atoms with E-state index in [9.17, 15) is 36.0 Å². The number of rotatable bonds is 14. The molecule has 0 bridgehead atoms. The molecule has 0 spiro atoms. The predicted molar refractivity (Wildman–Crippen MR) is 137 cm³/mol. The molecule has 0 saturated carbocycles. The van der Waals surface area contributed by atoms with Gasteiger partial charge >= 0.3 is 11.9 Å². The van der Waals surface area contributed by atoms with Crippen molar-refractivity contribution in [1.29, 1.82) is 0 Å². The minimum Gasteiger partial charge on any atom is -0.454 e. The van der Waals surface area contributed by atoms with E-state index in [-0.39, 0.29) is 21.5 Å². The summed E-state index contributed by atoms with van der Waals surface area (Å²) in [4.78, 5) is 47.5. The van der Waals surface area contributed by atoms with Gasteiger partial charge in [0.15, 0.2) is 13.2 Å². The van der Waals surface area contributed by atoms with Gasteiger partial charge in [-0.3, -0.25) is 14.4 Å². The maximum atomic E-state index is 13.2. The van der Waals surface area contributed by atoms with E-state index in [1.807, 2.05) is 11.6 Å². The smallest absolute Gasteiger partial charge is 0.344 e. The number of likely N-dealkylation sites (N-methyl/N-ethyl adjacent to an activating group) is 2. The number of carbonyl (C=O) groups excluding carboxylic acids is 4. The summed E-state index contributed by atoms with van der Waals surface area (Å²) < 4.78 is 68.9. The average Bonchev–Trinajstić information content (AvgIpc) is 3.32. The van der Waals surface area contributed by atoms with E-state index in [0.717, 1.165) is 11.8 Å². The van der Waals surface area contributed by atoms with Crippen molar-refractivity contribution in [3.8, 4) is 0 Å². The Balaban J connectivity index is 2.10. The van der Waals surface area contributed by atoms with Gasteiger partial charge in [0.25, 0.3) is 31.9 Å². The molecule has 0 saturated heterocycles. The van der Waals surface area contributed by atoms with Crippen LogP contribution in [0.4, 0.5) is 0 Å². The normalized spacial score (nSPS) is 16.7. The molecular formula is C21H32N4O11S3. The number of hydrogen-bond acceptors (Lipinski definition) is 13. The molecule has 2 N–H and O–H groups in total. The van der Waals surface area contributed by atoms with Gasteiger partial charge < -0.3 is 24.4 Å². The van der Waals surface area contributed by atoms with Crippen LogP contribution in [-0.4, -0.2) is 110 Å². The van der Waals surface area contributed by atoms with Crippen LogP contribution in [0.3, 0.4) is 0 Å². The van der Waals surface area contributed by atoms with Gasteiger partial charge in [-0.05, 0) is 19.0 Å². The number of sulfonamides is 2. The largest absolute Gasteiger partial charge is 0.454 e. The maximum absolute atomic E-state index is 13.2. The second kappa shape index (κ2) is 14.1. The molecule has 2 amide bonds. The topological polar surface area (TPSA) is 195 Å². The minimum absolute atomic E-state index is 0.105. The molecule has 18 heteroatoms. The van der Waals surface area contributed by atoms with Crippen LogP contribution in [0.25, 0.3) is 0 Å². The highest BCUT2D eigenvalue weighted by atomic mass is 32.3. The summed E-state index contributed by atoms with van der Waals surface area (Å²) in [5.41, 5.74) is 0.292. The number of ether oxygens (including phenoxy) is 3. The van der Waals surface area contributed by atoms with Gasteiger partial charge in [-0.1, -0.05) is 6.92 Å². The predicted octanol–water partition coefficient (Wildman–Crippen LogP) is -1.19. The number of hydrogen-bond donors (Lipinski definition) is 2. The quantitative estimate of drug-likeness (QED) is 0.189. The van der Waals surface area contributed by atoms with Crippen LogP contribution in [0.15, 0.2) is 14.5 Å². The van der Waals surface area contributed by atoms with Gasteiger partial charge in [-0.2, -0.15) is 4.31 Å². The maximum Gasteiger partial charge on any atom is 0.344 e. The molecule has 15 nitrogen and oxygen atoms in total. The summed E-state index contributed by atoms with van der Waals surface area (Å²) in [7, 11) is -5.76. The molecule has 0 fully saturated rings. The van der Waals surface area contributed by atoms with Crippen LogP contribution in [0, 0.1) is 0 Å². The van der Waals surface area contributed by atoms with Crippen molar-refractivity contribution in [2.75, 3.05) is 60.2 Å². The summed E-state index contributed by atoms with van der Waals surface area (Å²) in [6.07, 6.45) is 0.453. The van der Waals surface area contributed by atoms with Gasteiger partial charge in [0, 0.05) is 52.4 Å². The first-order valence-electron chi connectivity index (χ1n) is 11.7. The first-order valence-corrected chi connectivity index (χ1v) is 15.4. The fourth-order valence-electron chi connectivity index (χ4n) is 3.47. The minimum atomic E-state index is -4.48. The van der Waals surface area contributed by atoms with Crippen molar-refractivity contribution in [3.63, 3.8) is 0 Å². The Morgan fingerprint density at radius 2 is 1.90 bits per heavy atom. The molecule has 0 unspecified atom stereocenters. The molecule has 0 aliphatic carbocycles. The van der Waals surface area contributed by atoms with Gasteiger partial charge in [0.05, 0.1) is 0 Å². The molecule has 1 atom stereocenters. The van der Waals surface area contributed by atoms with Crippen molar-refractivity contribution in [2.45, 2.75) is 34.7 Å². The SMILES string of the molecule is CCN[C@H]1CN(CCCOC)S(=O)(=O)c2sc(S(=O)(=O)NC(=O)CN(C)C(=O)COC(=O)COC(C)=O)cc21. The summed E-state index contributed by atoms with van der Waals surface area (Å²) in [6, 6.07) is 0.768. The lowest BCUT2D eigenvalue weighted by Crippen LogP contribution is -2.43. The second-order valence-electron chi connectivity index (χ2n) is 8.35. The van der Waals surface area contributed by atoms with E-state index in [1.54, 1.807) is 0 Å². The standard InChI is InChI=1S/C21H32N4O11S3/c1-5-22-16-10-25(7-6-8-34-4)39(32,33)21-15(16)9-20(37-21)38(30,31)23-17(27)11-24(3)18(28)12-36-19(29)13-35-14(2)26/h9,16,22H,5-8,10-13H2,1-4H3,(H,23,27)/t16-/m0/s1. The highest BCUT2D eigenvalue weighted by Gasteiger charge is 2.40. The van der Waals surface area contributed by atoms with E-state index in [2.05, 4.69) is 14.8 Å². The summed E-state index contributed by atoms with van der Waals surface area (Å²) in [5.74, 6) is -3.59. The number of carbonyl (C=O) groups is 4. The van der Waals surface area contributed by atoms with Gasteiger partial charge in [0.1, 0.15) is 15.0 Å². The third-order valence-corrected chi connectivity index (χ3v) is 10.7. The third-order valence-electron chi connectivity index (χ3n) is 5.31. The van der Waals surface area contributed by atoms with Crippen LogP contribution in [-0.2, 0) is 53.4 Å². The fourth-order valence-corrected chi connectivity index (χ4v) is 8.33. The molecular weight excluding hydrogens is 580 g/mol. The first kappa shape index (κ1) is 32.6. The number of nitrogens with one attached hydrogen (secondary N) is 2. The number of esters is 2. The van der Waals surface area contributed by atoms with Crippen molar-refractivity contribution >= 4 is 55.1 Å². The van der Waals surface area contributed by atoms with E-state index >= 15 is 0 Å². The lowest BCUT2D eigenvalue weighted by molar-refractivity contribution is -0.160. The van der Waals surface area contributed by atoms with E-state index in [1.165, 1.54) is 24.5 Å². The zero-order valence-corrected chi connectivity index (χ0v) is 24.4. The Morgan fingerprint density at radius 1 is 1.21 bits per heavy atom. The summed E-state index contributed by atoms with van der Waals surface area (Å²) in [6.45, 7) is 1.92. The summed E-state index contributed by atoms with van der Waals surface area (Å²) >= 11 is 0.529. The number of thiophene rings is 1. The Bertz CT molecular complexity index is 1280. The molecule has 0 aromatic carbocycles. The number of methoxy groups -OCH3 is 1. The summed E-state index contributed by atoms with van der Waals surface area (Å²) in [5, 5.41) is 3.16. The Labute approximate surface area is 230 Å². The highest BCUT2D eigenvalue weighted by molar-refractivity contribution is 7.94. The van der Waals surface area contributed by atoms with Crippen LogP contribution in [0.2, 0.25) is 0 Å². The zero-order chi connectivity index (χ0) is 29.4. The Morgan fingerprint density at radius 3 is 2.51 bits per heavy atom. The van der Waals surface area contributed by atoms with Crippen LogP contribution >= 0.6 is 11.3 Å². The number of amides is 2. The molecule has 39 heavy (non-hydrogen) atoms. The van der Waals surface area contributed by atoms with Gasteiger partial charge in [-0.15, -0.1) is 11.3 Å². The van der Waals surface area contributed by atoms with Crippen molar-refractivity contribution in [2.24, 2.45) is 0 Å². The second-order valence-corrected chi connectivity index (χ2v) is 13.4. The van der Waals surface area contributed by atoms with Crippen molar-refractivity contribution in [3.05, 3.63) is 11.6 Å². The van der Waals surface area contributed by atoms with Crippen LogP contribution < -0.4 is 10.0 Å². The Kier molecular flexibility index (Phi) is 11.8. The fraction of sp³-hybridized carbons (Fsp3) is 0.619. The van der Waals surface area contributed by atoms with E-state index < -0.39 is 69.6 Å². The number of nitrogens with zero attached hydrogens (tertiary/aromatic N) is 2. The van der Waals surface area contributed by atoms with Gasteiger partial charge in [0.2, 0.25) is 0 Å². The van der Waals surface area contributed by atoms with Crippen LogP contribution in [0.5, 0.6) is 0 Å². The lowest BCUT2D eigenvalue weighted by atomic mass is 10.1. The van der Waals surface area contributed by atoms with E-state index in [0.29, 0.717) is 36.5 Å². The molecule has 2 rings (SSSR count). The zero-order valence-electron chi connectivity index (χ0n) is 21.9. The highest BCUT2D eigenvalue weighted by Crippen LogP contribution is 2.40. The monoisotopic (exact) mass is 612 g/mol. The molecule has 1 aliphatic rings. The van der Waals surface area contributed by atoms with Gasteiger partial charge in [-0.25, -0.2) is 26.4 Å². The van der Waals surface area contributed by atoms with Crippen molar-refractivity contribution in [1.82, 2.24) is 19.2 Å². The van der Waals surface area contributed by atoms with Crippen molar-refractivity contribution < 1.29 is 50.2 Å². The molecule has 1 aromatic heterocycles. The molecule has 2 heterocycles.